The van der Waals surface area contributed by atoms with Crippen LogP contribution in [-0.4, -0.2) is 80.4 Å². The van der Waals surface area contributed by atoms with E-state index in [9.17, 15) is 4.39 Å². The van der Waals surface area contributed by atoms with Crippen LogP contribution in [0.5, 0.6) is 0 Å². The van der Waals surface area contributed by atoms with Gasteiger partial charge < -0.3 is 19.5 Å². The number of rotatable bonds is 0. The quantitative estimate of drug-likeness (QED) is 0.665. The first-order valence-electron chi connectivity index (χ1n) is 12.1. The highest BCUT2D eigenvalue weighted by Gasteiger charge is 2.52. The average molecular weight is 411 g/mol. The molecule has 3 unspecified atom stereocenters. The summed E-state index contributed by atoms with van der Waals surface area (Å²) in [7, 11) is 0. The van der Waals surface area contributed by atoms with Crippen molar-refractivity contribution in [3.63, 3.8) is 0 Å². The minimum Gasteiger partial charge on any atom is -0.378 e. The number of fused-ring (bicyclic) bond motifs is 5. The molecule has 6 atom stereocenters. The third-order valence-corrected chi connectivity index (χ3v) is 8.61. The lowest BCUT2D eigenvalue weighted by molar-refractivity contribution is -0.0619. The Balaban J connectivity index is 1.35. The number of hydrogen-bond donors (Lipinski definition) is 1. The van der Waals surface area contributed by atoms with E-state index in [0.29, 0.717) is 42.9 Å². The normalized spacial score (nSPS) is 49.7. The number of ether oxygens (including phenoxy) is 3. The zero-order valence-corrected chi connectivity index (χ0v) is 18.0. The van der Waals surface area contributed by atoms with E-state index in [1.165, 1.54) is 12.8 Å². The van der Waals surface area contributed by atoms with E-state index in [1.807, 2.05) is 0 Å². The Morgan fingerprint density at radius 2 is 1.90 bits per heavy atom. The summed E-state index contributed by atoms with van der Waals surface area (Å²) in [6.07, 6.45) is 7.89. The molecule has 0 aromatic carbocycles. The second-order valence-corrected chi connectivity index (χ2v) is 10.3. The summed E-state index contributed by atoms with van der Waals surface area (Å²) in [6, 6.07) is 0.817. The molecule has 0 aromatic rings. The van der Waals surface area contributed by atoms with Crippen LogP contribution >= 0.6 is 0 Å². The lowest BCUT2D eigenvalue weighted by atomic mass is 9.71. The largest absolute Gasteiger partial charge is 0.378 e. The Labute approximate surface area is 175 Å². The summed E-state index contributed by atoms with van der Waals surface area (Å²) in [6.45, 7) is 7.27. The molecule has 6 aliphatic rings. The van der Waals surface area contributed by atoms with E-state index in [-0.39, 0.29) is 11.6 Å². The topological polar surface area (TPSA) is 43.0 Å². The van der Waals surface area contributed by atoms with Crippen molar-refractivity contribution in [1.29, 1.82) is 0 Å². The maximum Gasteiger partial charge on any atom is 0.101 e. The molecule has 2 bridgehead atoms. The number of halogens is 1. The van der Waals surface area contributed by atoms with Gasteiger partial charge in [0.1, 0.15) is 6.17 Å². The maximum absolute atomic E-state index is 14.2. The fourth-order valence-electron chi connectivity index (χ4n) is 7.11. The van der Waals surface area contributed by atoms with Gasteiger partial charge >= 0.3 is 0 Å². The average Bonchev–Trinajstić information content (AvgIpc) is 2.99. The Bertz CT molecular complexity index is 550. The summed E-state index contributed by atoms with van der Waals surface area (Å²) in [5, 5.41) is 3.81. The van der Waals surface area contributed by atoms with E-state index in [1.54, 1.807) is 0 Å². The Kier molecular flexibility index (Phi) is 6.18. The smallest absolute Gasteiger partial charge is 0.101 e. The molecule has 5 nitrogen and oxygen atoms in total. The summed E-state index contributed by atoms with van der Waals surface area (Å²) in [4.78, 5) is 2.60. The Hall–Kier alpha value is -0.270. The molecule has 4 heterocycles. The molecule has 6 rings (SSSR count). The Morgan fingerprint density at radius 3 is 2.69 bits per heavy atom. The van der Waals surface area contributed by atoms with E-state index >= 15 is 0 Å². The highest BCUT2D eigenvalue weighted by atomic mass is 19.1. The third-order valence-electron chi connectivity index (χ3n) is 8.61. The minimum atomic E-state index is -0.635. The van der Waals surface area contributed by atoms with Crippen LogP contribution in [0.1, 0.15) is 58.3 Å². The van der Waals surface area contributed by atoms with E-state index < -0.39 is 6.17 Å². The van der Waals surface area contributed by atoms with Gasteiger partial charge in [-0.1, -0.05) is 0 Å². The van der Waals surface area contributed by atoms with Crippen molar-refractivity contribution in [3.05, 3.63) is 0 Å². The zero-order chi connectivity index (χ0) is 19.8. The summed E-state index contributed by atoms with van der Waals surface area (Å²) < 4.78 is 33.2. The number of nitrogens with one attached hydrogen (secondary N) is 1. The van der Waals surface area contributed by atoms with E-state index in [4.69, 9.17) is 14.2 Å². The van der Waals surface area contributed by atoms with Crippen LogP contribution in [-0.2, 0) is 14.2 Å². The SMILES string of the molecule is C[C@@H]1C[C@@]2(COCCN2)[C@@H]2COC3CCC(CC3)C3CC(F)CCC3OCCN12. The number of hydrogen-bond acceptors (Lipinski definition) is 5. The summed E-state index contributed by atoms with van der Waals surface area (Å²) in [5.74, 6) is 1.00. The van der Waals surface area contributed by atoms with Gasteiger partial charge in [0.25, 0.3) is 0 Å². The van der Waals surface area contributed by atoms with Crippen LogP contribution in [0, 0.1) is 11.8 Å². The van der Waals surface area contributed by atoms with Crippen LogP contribution < -0.4 is 5.32 Å². The molecule has 2 aliphatic carbocycles. The van der Waals surface area contributed by atoms with Crippen molar-refractivity contribution in [2.75, 3.05) is 39.5 Å². The molecule has 1 N–H and O–H groups in total. The second-order valence-electron chi connectivity index (χ2n) is 10.3. The fraction of sp³-hybridized carbons (Fsp3) is 1.00. The van der Waals surface area contributed by atoms with Gasteiger partial charge in [-0.15, -0.1) is 0 Å². The molecule has 2 saturated carbocycles. The van der Waals surface area contributed by atoms with Crippen LogP contribution in [0.4, 0.5) is 4.39 Å². The molecular weight excluding hydrogens is 371 g/mol. The predicted octanol–water partition coefficient (Wildman–Crippen LogP) is 2.92. The monoisotopic (exact) mass is 410 g/mol. The molecule has 0 aromatic heterocycles. The van der Waals surface area contributed by atoms with Crippen LogP contribution in [0.15, 0.2) is 0 Å². The predicted molar refractivity (Wildman–Crippen MR) is 110 cm³/mol. The number of alkyl halides is 1. The molecule has 0 radical (unpaired) electrons. The van der Waals surface area contributed by atoms with Gasteiger partial charge in [-0.3, -0.25) is 4.90 Å². The molecule has 6 fully saturated rings. The minimum absolute atomic E-state index is 0.00384. The first kappa shape index (κ1) is 20.6. The molecule has 0 amide bonds. The van der Waals surface area contributed by atoms with Crippen LogP contribution in [0.2, 0.25) is 0 Å². The highest BCUT2D eigenvalue weighted by Crippen LogP contribution is 2.42. The van der Waals surface area contributed by atoms with Gasteiger partial charge in [0, 0.05) is 19.1 Å². The van der Waals surface area contributed by atoms with Crippen molar-refractivity contribution < 1.29 is 18.6 Å². The Morgan fingerprint density at radius 1 is 1.03 bits per heavy atom. The highest BCUT2D eigenvalue weighted by molar-refractivity contribution is 5.10. The van der Waals surface area contributed by atoms with Gasteiger partial charge in [0.05, 0.1) is 50.2 Å². The van der Waals surface area contributed by atoms with Crippen molar-refractivity contribution in [1.82, 2.24) is 10.2 Å². The van der Waals surface area contributed by atoms with Gasteiger partial charge in [-0.05, 0) is 70.1 Å². The number of morpholine rings is 1. The molecule has 1 spiro atoms. The standard InChI is InChI=1S/C23H39FN2O3/c1-16-13-23(15-27-10-8-25-23)22-14-29-19-5-2-17(3-6-19)20-12-18(24)4-7-21(20)28-11-9-26(16)22/h16-22,25H,2-15H2,1H3/t16-,17?,18?,19?,20?,21?,22+,23-/m1/s1. The van der Waals surface area contributed by atoms with Gasteiger partial charge in [-0.2, -0.15) is 0 Å². The molecule has 166 valence electrons. The second kappa shape index (κ2) is 8.70. The maximum atomic E-state index is 14.2. The van der Waals surface area contributed by atoms with Crippen molar-refractivity contribution in [3.8, 4) is 0 Å². The molecule has 4 saturated heterocycles. The molecule has 6 heteroatoms. The van der Waals surface area contributed by atoms with Gasteiger partial charge in [0.2, 0.25) is 0 Å². The van der Waals surface area contributed by atoms with E-state index in [2.05, 4.69) is 17.1 Å². The number of nitrogens with zero attached hydrogens (tertiary/aromatic N) is 1. The third kappa shape index (κ3) is 4.12. The molecular formula is C23H39FN2O3. The van der Waals surface area contributed by atoms with Crippen molar-refractivity contribution in [2.45, 2.75) is 94.3 Å². The lowest BCUT2D eigenvalue weighted by Crippen LogP contribution is -2.63. The van der Waals surface area contributed by atoms with E-state index in [0.717, 1.165) is 65.2 Å². The lowest BCUT2D eigenvalue weighted by Gasteiger charge is -2.42. The fourth-order valence-corrected chi connectivity index (χ4v) is 7.11. The first-order chi connectivity index (χ1) is 14.1. The zero-order valence-electron chi connectivity index (χ0n) is 18.0. The molecule has 29 heavy (non-hydrogen) atoms. The molecule has 4 aliphatic heterocycles. The summed E-state index contributed by atoms with van der Waals surface area (Å²) >= 11 is 0. The van der Waals surface area contributed by atoms with Gasteiger partial charge in [0.15, 0.2) is 0 Å². The van der Waals surface area contributed by atoms with Crippen LogP contribution in [0.25, 0.3) is 0 Å². The first-order valence-corrected chi connectivity index (χ1v) is 12.1. The van der Waals surface area contributed by atoms with Crippen molar-refractivity contribution >= 4 is 0 Å². The van der Waals surface area contributed by atoms with Crippen molar-refractivity contribution in [2.24, 2.45) is 11.8 Å². The summed E-state index contributed by atoms with van der Waals surface area (Å²) in [5.41, 5.74) is 0.00384. The van der Waals surface area contributed by atoms with Gasteiger partial charge in [-0.25, -0.2) is 4.39 Å². The van der Waals surface area contributed by atoms with Crippen LogP contribution in [0.3, 0.4) is 0 Å².